The third-order valence-electron chi connectivity index (χ3n) is 2.87. The standard InChI is InChI=1S/C10H12N2O3/c1-15-10(3-2-4-10)9-11-7(6-13)5-8(14)12-9/h5-6H,2-4H2,1H3,(H,11,12,14). The van der Waals surface area contributed by atoms with Crippen LogP contribution in [0.25, 0.3) is 0 Å². The molecule has 80 valence electrons. The first-order valence-electron chi connectivity index (χ1n) is 4.82. The number of ether oxygens (including phenoxy) is 1. The number of nitrogens with zero attached hydrogens (tertiary/aromatic N) is 1. The van der Waals surface area contributed by atoms with Crippen LogP contribution in [0.1, 0.15) is 35.6 Å². The van der Waals surface area contributed by atoms with Crippen molar-refractivity contribution in [1.82, 2.24) is 9.97 Å². The lowest BCUT2D eigenvalue weighted by Gasteiger charge is -2.39. The highest BCUT2D eigenvalue weighted by Gasteiger charge is 2.41. The van der Waals surface area contributed by atoms with Gasteiger partial charge in [-0.25, -0.2) is 4.98 Å². The second kappa shape index (κ2) is 3.58. The van der Waals surface area contributed by atoms with Gasteiger partial charge in [-0.05, 0) is 19.3 Å². The first-order chi connectivity index (χ1) is 7.20. The second-order valence-corrected chi connectivity index (χ2v) is 3.69. The zero-order chi connectivity index (χ0) is 10.9. The van der Waals surface area contributed by atoms with Crippen molar-refractivity contribution in [2.24, 2.45) is 0 Å². The average molecular weight is 208 g/mol. The van der Waals surface area contributed by atoms with E-state index >= 15 is 0 Å². The number of hydrogen-bond donors (Lipinski definition) is 1. The van der Waals surface area contributed by atoms with Gasteiger partial charge in [-0.2, -0.15) is 0 Å². The third-order valence-corrected chi connectivity index (χ3v) is 2.87. The Morgan fingerprint density at radius 1 is 1.60 bits per heavy atom. The van der Waals surface area contributed by atoms with Crippen LogP contribution < -0.4 is 5.56 Å². The van der Waals surface area contributed by atoms with Gasteiger partial charge in [0, 0.05) is 13.2 Å². The van der Waals surface area contributed by atoms with E-state index in [2.05, 4.69) is 9.97 Å². The summed E-state index contributed by atoms with van der Waals surface area (Å²) >= 11 is 0. The Morgan fingerprint density at radius 3 is 2.80 bits per heavy atom. The number of methoxy groups -OCH3 is 1. The van der Waals surface area contributed by atoms with E-state index in [9.17, 15) is 9.59 Å². The summed E-state index contributed by atoms with van der Waals surface area (Å²) in [6.07, 6.45) is 3.27. The van der Waals surface area contributed by atoms with Crippen LogP contribution in [0.2, 0.25) is 0 Å². The Labute approximate surface area is 86.5 Å². The van der Waals surface area contributed by atoms with Crippen LogP contribution in [0.15, 0.2) is 10.9 Å². The smallest absolute Gasteiger partial charge is 0.251 e. The molecule has 5 heteroatoms. The molecule has 0 aliphatic heterocycles. The predicted molar refractivity (Wildman–Crippen MR) is 52.8 cm³/mol. The molecule has 1 N–H and O–H groups in total. The molecular formula is C10H12N2O3. The summed E-state index contributed by atoms with van der Waals surface area (Å²) in [5, 5.41) is 0. The van der Waals surface area contributed by atoms with Gasteiger partial charge in [0.05, 0.1) is 0 Å². The van der Waals surface area contributed by atoms with Crippen molar-refractivity contribution in [2.75, 3.05) is 7.11 Å². The maximum absolute atomic E-state index is 11.3. The Bertz CT molecular complexity index is 429. The molecule has 1 saturated carbocycles. The first-order valence-corrected chi connectivity index (χ1v) is 4.82. The van der Waals surface area contributed by atoms with Crippen LogP contribution in [-0.2, 0) is 10.3 Å². The van der Waals surface area contributed by atoms with E-state index in [0.29, 0.717) is 12.1 Å². The van der Waals surface area contributed by atoms with Gasteiger partial charge in [-0.15, -0.1) is 0 Å². The minimum atomic E-state index is -0.488. The zero-order valence-electron chi connectivity index (χ0n) is 8.45. The molecule has 0 bridgehead atoms. The van der Waals surface area contributed by atoms with Crippen LogP contribution in [-0.4, -0.2) is 23.4 Å². The number of H-pyrrole nitrogens is 1. The lowest BCUT2D eigenvalue weighted by molar-refractivity contribution is -0.0848. The van der Waals surface area contributed by atoms with Crippen molar-refractivity contribution >= 4 is 6.29 Å². The number of rotatable bonds is 3. The molecule has 0 atom stereocenters. The average Bonchev–Trinajstić information content (AvgIpc) is 2.16. The van der Waals surface area contributed by atoms with E-state index in [1.165, 1.54) is 6.07 Å². The summed E-state index contributed by atoms with van der Waals surface area (Å²) in [4.78, 5) is 28.5. The van der Waals surface area contributed by atoms with E-state index < -0.39 is 5.60 Å². The molecule has 0 unspecified atom stereocenters. The first kappa shape index (κ1) is 10.0. The monoisotopic (exact) mass is 208 g/mol. The Morgan fingerprint density at radius 2 is 2.33 bits per heavy atom. The SMILES string of the molecule is COC1(c2nc(C=O)cc(=O)[nH]2)CCC1. The highest BCUT2D eigenvalue weighted by atomic mass is 16.5. The molecule has 0 aromatic carbocycles. The predicted octanol–water partition coefficient (Wildman–Crippen LogP) is 0.608. The maximum Gasteiger partial charge on any atom is 0.251 e. The zero-order valence-corrected chi connectivity index (χ0v) is 8.45. The number of aromatic nitrogens is 2. The van der Waals surface area contributed by atoms with Crippen molar-refractivity contribution in [3.63, 3.8) is 0 Å². The fraction of sp³-hybridized carbons (Fsp3) is 0.500. The summed E-state index contributed by atoms with van der Waals surface area (Å²) in [7, 11) is 1.59. The van der Waals surface area contributed by atoms with Gasteiger partial charge >= 0.3 is 0 Å². The van der Waals surface area contributed by atoms with Crippen LogP contribution in [0.3, 0.4) is 0 Å². The summed E-state index contributed by atoms with van der Waals surface area (Å²) in [6, 6.07) is 1.18. The van der Waals surface area contributed by atoms with E-state index in [4.69, 9.17) is 4.74 Å². The summed E-state index contributed by atoms with van der Waals surface area (Å²) in [6.45, 7) is 0. The summed E-state index contributed by atoms with van der Waals surface area (Å²) in [5.74, 6) is 0.464. The second-order valence-electron chi connectivity index (χ2n) is 3.69. The Balaban J connectivity index is 2.47. The number of carbonyl (C=O) groups is 1. The minimum Gasteiger partial charge on any atom is -0.370 e. The molecule has 0 radical (unpaired) electrons. The van der Waals surface area contributed by atoms with E-state index in [0.717, 1.165) is 19.3 Å². The third kappa shape index (κ3) is 1.59. The van der Waals surface area contributed by atoms with Crippen LogP contribution in [0.4, 0.5) is 0 Å². The molecule has 1 aromatic heterocycles. The highest BCUT2D eigenvalue weighted by molar-refractivity contribution is 5.71. The quantitative estimate of drug-likeness (QED) is 0.738. The van der Waals surface area contributed by atoms with E-state index in [1.54, 1.807) is 7.11 Å². The molecule has 1 aromatic rings. The Kier molecular flexibility index (Phi) is 2.40. The number of hydrogen-bond acceptors (Lipinski definition) is 4. The van der Waals surface area contributed by atoms with Gasteiger partial charge in [0.1, 0.15) is 17.1 Å². The van der Waals surface area contributed by atoms with Gasteiger partial charge in [0.15, 0.2) is 6.29 Å². The van der Waals surface area contributed by atoms with Gasteiger partial charge in [0.25, 0.3) is 5.56 Å². The molecule has 0 spiro atoms. The van der Waals surface area contributed by atoms with Crippen LogP contribution in [0, 0.1) is 0 Å². The van der Waals surface area contributed by atoms with Crippen LogP contribution in [0.5, 0.6) is 0 Å². The topological polar surface area (TPSA) is 72.0 Å². The van der Waals surface area contributed by atoms with Crippen molar-refractivity contribution < 1.29 is 9.53 Å². The lowest BCUT2D eigenvalue weighted by Crippen LogP contribution is -2.39. The molecule has 1 aliphatic rings. The summed E-state index contributed by atoms with van der Waals surface area (Å²) < 4.78 is 5.37. The number of carbonyl (C=O) groups excluding carboxylic acids is 1. The normalized spacial score (nSPS) is 18.2. The molecule has 1 heterocycles. The number of aromatic amines is 1. The van der Waals surface area contributed by atoms with Gasteiger partial charge in [-0.1, -0.05) is 0 Å². The van der Waals surface area contributed by atoms with Gasteiger partial charge in [-0.3, -0.25) is 9.59 Å². The molecule has 5 nitrogen and oxygen atoms in total. The molecule has 0 amide bonds. The molecular weight excluding hydrogens is 196 g/mol. The fourth-order valence-corrected chi connectivity index (χ4v) is 1.79. The van der Waals surface area contributed by atoms with Crippen LogP contribution >= 0.6 is 0 Å². The van der Waals surface area contributed by atoms with Crippen molar-refractivity contribution in [3.05, 3.63) is 27.9 Å². The fourth-order valence-electron chi connectivity index (χ4n) is 1.79. The minimum absolute atomic E-state index is 0.150. The lowest BCUT2D eigenvalue weighted by atomic mass is 9.79. The number of nitrogens with one attached hydrogen (secondary N) is 1. The molecule has 15 heavy (non-hydrogen) atoms. The van der Waals surface area contributed by atoms with Gasteiger partial charge in [0.2, 0.25) is 0 Å². The highest BCUT2D eigenvalue weighted by Crippen LogP contribution is 2.42. The van der Waals surface area contributed by atoms with Crippen molar-refractivity contribution in [2.45, 2.75) is 24.9 Å². The summed E-state index contributed by atoms with van der Waals surface area (Å²) in [5.41, 5.74) is -0.652. The van der Waals surface area contributed by atoms with E-state index in [1.807, 2.05) is 0 Å². The van der Waals surface area contributed by atoms with Crippen molar-refractivity contribution in [3.8, 4) is 0 Å². The molecule has 0 saturated heterocycles. The molecule has 2 rings (SSSR count). The molecule has 1 aliphatic carbocycles. The number of aldehydes is 1. The van der Waals surface area contributed by atoms with E-state index in [-0.39, 0.29) is 11.3 Å². The van der Waals surface area contributed by atoms with Gasteiger partial charge < -0.3 is 9.72 Å². The molecule has 1 fully saturated rings. The largest absolute Gasteiger partial charge is 0.370 e. The Hall–Kier alpha value is -1.49. The van der Waals surface area contributed by atoms with Crippen molar-refractivity contribution in [1.29, 1.82) is 0 Å². The maximum atomic E-state index is 11.3.